The van der Waals surface area contributed by atoms with Crippen LogP contribution < -0.4 is 9.46 Å². The van der Waals surface area contributed by atoms with E-state index in [1.807, 2.05) is 49.6 Å². The summed E-state index contributed by atoms with van der Waals surface area (Å²) < 4.78 is 35.0. The summed E-state index contributed by atoms with van der Waals surface area (Å²) in [6, 6.07) is 16.5. The molecular formula is C25H25N3O4S. The van der Waals surface area contributed by atoms with Gasteiger partial charge in [-0.3, -0.25) is 4.79 Å². The maximum atomic E-state index is 13.3. The molecule has 0 unspecified atom stereocenters. The minimum Gasteiger partial charge on any atom is -0.494 e. The number of hydrogen-bond acceptors (Lipinski definition) is 5. The lowest BCUT2D eigenvalue weighted by Crippen LogP contribution is -2.33. The van der Waals surface area contributed by atoms with Crippen LogP contribution in [0.3, 0.4) is 0 Å². The van der Waals surface area contributed by atoms with Crippen molar-refractivity contribution in [3.05, 3.63) is 88.7 Å². The standard InChI is InChI=1S/C25H25N3O4S/c1-16-12-17(2)20(18(3)13-16)15-28-21-9-6-5-8-19(21)14-22(28)24(29)27-33(30,31)25-23(32-4)10-7-11-26-25/h5-14H,15H2,1-4H3,(H,27,29). The van der Waals surface area contributed by atoms with Crippen LogP contribution in [0.2, 0.25) is 0 Å². The molecule has 4 aromatic rings. The second kappa shape index (κ2) is 8.71. The van der Waals surface area contributed by atoms with Crippen LogP contribution in [0.25, 0.3) is 10.9 Å². The van der Waals surface area contributed by atoms with Gasteiger partial charge in [0, 0.05) is 23.6 Å². The van der Waals surface area contributed by atoms with Crippen LogP contribution in [0.4, 0.5) is 0 Å². The number of carbonyl (C=O) groups excluding carboxylic acids is 1. The molecule has 2 aromatic heterocycles. The molecule has 2 aromatic carbocycles. The molecule has 33 heavy (non-hydrogen) atoms. The van der Waals surface area contributed by atoms with Crippen molar-refractivity contribution in [1.29, 1.82) is 0 Å². The lowest BCUT2D eigenvalue weighted by molar-refractivity contribution is 0.0973. The maximum absolute atomic E-state index is 13.3. The fourth-order valence-electron chi connectivity index (χ4n) is 4.14. The number of fused-ring (bicyclic) bond motifs is 1. The van der Waals surface area contributed by atoms with E-state index in [1.165, 1.54) is 24.9 Å². The number of para-hydroxylation sites is 1. The number of amides is 1. The van der Waals surface area contributed by atoms with Gasteiger partial charge >= 0.3 is 0 Å². The molecule has 0 fully saturated rings. The van der Waals surface area contributed by atoms with Gasteiger partial charge in [-0.15, -0.1) is 0 Å². The molecule has 0 radical (unpaired) electrons. The van der Waals surface area contributed by atoms with Crippen molar-refractivity contribution in [2.75, 3.05) is 7.11 Å². The molecule has 2 heterocycles. The lowest BCUT2D eigenvalue weighted by atomic mass is 9.99. The molecule has 0 atom stereocenters. The van der Waals surface area contributed by atoms with Gasteiger partial charge in [-0.2, -0.15) is 8.42 Å². The number of sulfonamides is 1. The topological polar surface area (TPSA) is 90.3 Å². The largest absolute Gasteiger partial charge is 0.494 e. The maximum Gasteiger partial charge on any atom is 0.285 e. The Labute approximate surface area is 193 Å². The highest BCUT2D eigenvalue weighted by Crippen LogP contribution is 2.26. The summed E-state index contributed by atoms with van der Waals surface area (Å²) in [5, 5.41) is 0.506. The van der Waals surface area contributed by atoms with Gasteiger partial charge in [0.15, 0.2) is 5.75 Å². The van der Waals surface area contributed by atoms with Crippen LogP contribution in [0, 0.1) is 20.8 Å². The third-order valence-corrected chi connectivity index (χ3v) is 6.91. The van der Waals surface area contributed by atoms with Crippen molar-refractivity contribution in [3.63, 3.8) is 0 Å². The average Bonchev–Trinajstić information content (AvgIpc) is 3.14. The first-order valence-corrected chi connectivity index (χ1v) is 11.9. The van der Waals surface area contributed by atoms with Gasteiger partial charge in [0.05, 0.1) is 7.11 Å². The van der Waals surface area contributed by atoms with Crippen molar-refractivity contribution in [2.45, 2.75) is 32.3 Å². The van der Waals surface area contributed by atoms with Gasteiger partial charge in [-0.05, 0) is 61.7 Å². The van der Waals surface area contributed by atoms with E-state index in [0.717, 1.165) is 27.6 Å². The number of carbonyl (C=O) groups is 1. The van der Waals surface area contributed by atoms with Crippen LogP contribution in [0.15, 0.2) is 65.8 Å². The van der Waals surface area contributed by atoms with Gasteiger partial charge in [0.1, 0.15) is 5.69 Å². The highest BCUT2D eigenvalue weighted by atomic mass is 32.2. The monoisotopic (exact) mass is 463 g/mol. The molecule has 0 aliphatic heterocycles. The molecule has 0 aliphatic rings. The number of methoxy groups -OCH3 is 1. The quantitative estimate of drug-likeness (QED) is 0.464. The second-order valence-corrected chi connectivity index (χ2v) is 9.59. The molecule has 0 aliphatic carbocycles. The normalized spacial score (nSPS) is 11.5. The zero-order chi connectivity index (χ0) is 23.8. The van der Waals surface area contributed by atoms with Gasteiger partial charge in [0.2, 0.25) is 5.03 Å². The van der Waals surface area contributed by atoms with Gasteiger partial charge < -0.3 is 9.30 Å². The Morgan fingerprint density at radius 3 is 2.42 bits per heavy atom. The molecule has 1 N–H and O–H groups in total. The van der Waals surface area contributed by atoms with E-state index in [1.54, 1.807) is 12.1 Å². The summed E-state index contributed by atoms with van der Waals surface area (Å²) in [4.78, 5) is 17.2. The fourth-order valence-corrected chi connectivity index (χ4v) is 5.20. The predicted molar refractivity (Wildman–Crippen MR) is 127 cm³/mol. The van der Waals surface area contributed by atoms with Crippen LogP contribution in [0.1, 0.15) is 32.7 Å². The summed E-state index contributed by atoms with van der Waals surface area (Å²) >= 11 is 0. The van der Waals surface area contributed by atoms with E-state index in [2.05, 4.69) is 21.8 Å². The number of rotatable bonds is 6. The highest BCUT2D eigenvalue weighted by molar-refractivity contribution is 7.90. The first-order chi connectivity index (χ1) is 15.7. The third-order valence-electron chi connectivity index (χ3n) is 5.64. The Kier molecular flexibility index (Phi) is 5.95. The summed E-state index contributed by atoms with van der Waals surface area (Å²) in [6.07, 6.45) is 1.33. The van der Waals surface area contributed by atoms with Gasteiger partial charge in [-0.25, -0.2) is 9.71 Å². The van der Waals surface area contributed by atoms with Crippen molar-refractivity contribution in [1.82, 2.24) is 14.3 Å². The fraction of sp³-hybridized carbons (Fsp3) is 0.200. The Hall–Kier alpha value is -3.65. The summed E-state index contributed by atoms with van der Waals surface area (Å²) in [5.74, 6) is -0.675. The van der Waals surface area contributed by atoms with E-state index in [9.17, 15) is 13.2 Å². The number of nitrogens with one attached hydrogen (secondary N) is 1. The second-order valence-electron chi connectivity index (χ2n) is 8.00. The van der Waals surface area contributed by atoms with Crippen LogP contribution in [-0.2, 0) is 16.6 Å². The molecule has 1 amide bonds. The molecule has 0 spiro atoms. The summed E-state index contributed by atoms with van der Waals surface area (Å²) in [6.45, 7) is 6.56. The molecule has 4 rings (SSSR count). The SMILES string of the molecule is COc1cccnc1S(=O)(=O)NC(=O)c1cc2ccccc2n1Cc1c(C)cc(C)cc1C. The number of nitrogens with zero attached hydrogens (tertiary/aromatic N) is 2. The molecular weight excluding hydrogens is 438 g/mol. The molecule has 7 nitrogen and oxygen atoms in total. The number of aryl methyl sites for hydroxylation is 3. The summed E-state index contributed by atoms with van der Waals surface area (Å²) in [7, 11) is -2.90. The number of ether oxygens (including phenoxy) is 1. The Bertz CT molecular complexity index is 1450. The molecule has 0 saturated heterocycles. The Morgan fingerprint density at radius 1 is 1.03 bits per heavy atom. The van der Waals surface area contributed by atoms with Crippen LogP contribution in [0.5, 0.6) is 5.75 Å². The first-order valence-electron chi connectivity index (χ1n) is 10.4. The minimum atomic E-state index is -4.25. The van der Waals surface area contributed by atoms with E-state index < -0.39 is 15.9 Å². The first kappa shape index (κ1) is 22.5. The van der Waals surface area contributed by atoms with Crippen molar-refractivity contribution in [3.8, 4) is 5.75 Å². The van der Waals surface area contributed by atoms with Crippen molar-refractivity contribution in [2.24, 2.45) is 0 Å². The Balaban J connectivity index is 1.78. The number of benzene rings is 2. The third kappa shape index (κ3) is 4.34. The van der Waals surface area contributed by atoms with E-state index in [0.29, 0.717) is 6.54 Å². The predicted octanol–water partition coefficient (Wildman–Crippen LogP) is 4.14. The molecule has 8 heteroatoms. The zero-order valence-corrected chi connectivity index (χ0v) is 19.7. The molecule has 170 valence electrons. The van der Waals surface area contributed by atoms with E-state index in [-0.39, 0.29) is 16.5 Å². The van der Waals surface area contributed by atoms with Crippen molar-refractivity contribution >= 4 is 26.8 Å². The van der Waals surface area contributed by atoms with Crippen LogP contribution in [-0.4, -0.2) is 31.0 Å². The van der Waals surface area contributed by atoms with E-state index in [4.69, 9.17) is 4.74 Å². The highest BCUT2D eigenvalue weighted by Gasteiger charge is 2.26. The lowest BCUT2D eigenvalue weighted by Gasteiger charge is -2.16. The van der Waals surface area contributed by atoms with Gasteiger partial charge in [0.25, 0.3) is 15.9 Å². The number of hydrogen-bond donors (Lipinski definition) is 1. The van der Waals surface area contributed by atoms with Crippen molar-refractivity contribution < 1.29 is 17.9 Å². The van der Waals surface area contributed by atoms with E-state index >= 15 is 0 Å². The molecule has 0 saturated carbocycles. The van der Waals surface area contributed by atoms with Crippen LogP contribution >= 0.6 is 0 Å². The minimum absolute atomic E-state index is 0.0595. The summed E-state index contributed by atoms with van der Waals surface area (Å²) in [5.41, 5.74) is 5.57. The average molecular weight is 464 g/mol. The zero-order valence-electron chi connectivity index (χ0n) is 18.9. The number of pyridine rings is 1. The smallest absolute Gasteiger partial charge is 0.285 e. The molecule has 0 bridgehead atoms. The van der Waals surface area contributed by atoms with Gasteiger partial charge in [-0.1, -0.05) is 35.9 Å². The number of aromatic nitrogens is 2. The Morgan fingerprint density at radius 2 is 1.73 bits per heavy atom.